The third-order valence-electron chi connectivity index (χ3n) is 3.93. The van der Waals surface area contributed by atoms with Crippen LogP contribution in [0, 0.1) is 6.92 Å². The van der Waals surface area contributed by atoms with Gasteiger partial charge in [-0.15, -0.1) is 0 Å². The SMILES string of the molecule is CCN(CC)c1ccc(NC(=O)N/C=C/c2cccc(Br)c2)c(C)c1.[Cl-]. The molecule has 26 heavy (non-hydrogen) atoms. The van der Waals surface area contributed by atoms with Crippen LogP contribution < -0.4 is 27.9 Å². The number of carbonyl (C=O) groups is 1. The van der Waals surface area contributed by atoms with Gasteiger partial charge in [0.15, 0.2) is 0 Å². The molecule has 0 aliphatic heterocycles. The van der Waals surface area contributed by atoms with E-state index in [1.165, 1.54) is 5.69 Å². The molecule has 2 aromatic rings. The molecule has 4 nitrogen and oxygen atoms in total. The second kappa shape index (κ2) is 10.9. The summed E-state index contributed by atoms with van der Waals surface area (Å²) in [7, 11) is 0. The monoisotopic (exact) mass is 436 g/mol. The summed E-state index contributed by atoms with van der Waals surface area (Å²) in [6.45, 7) is 8.19. The fraction of sp³-hybridized carbons (Fsp3) is 0.250. The van der Waals surface area contributed by atoms with Crippen molar-refractivity contribution < 1.29 is 17.2 Å². The van der Waals surface area contributed by atoms with Crippen LogP contribution in [-0.2, 0) is 0 Å². The summed E-state index contributed by atoms with van der Waals surface area (Å²) < 4.78 is 1.00. The fourth-order valence-corrected chi connectivity index (χ4v) is 2.97. The van der Waals surface area contributed by atoms with Crippen LogP contribution in [0.5, 0.6) is 0 Å². The largest absolute Gasteiger partial charge is 1.00 e. The van der Waals surface area contributed by atoms with E-state index in [1.54, 1.807) is 6.20 Å². The maximum Gasteiger partial charge on any atom is 0.323 e. The van der Waals surface area contributed by atoms with Crippen molar-refractivity contribution in [3.63, 3.8) is 0 Å². The van der Waals surface area contributed by atoms with E-state index in [0.29, 0.717) is 0 Å². The second-order valence-corrected chi connectivity index (χ2v) is 6.57. The van der Waals surface area contributed by atoms with Crippen LogP contribution in [-0.4, -0.2) is 19.1 Å². The zero-order valence-electron chi connectivity index (χ0n) is 15.2. The second-order valence-electron chi connectivity index (χ2n) is 5.66. The number of nitrogens with zero attached hydrogens (tertiary/aromatic N) is 1. The van der Waals surface area contributed by atoms with Crippen LogP contribution in [0.15, 0.2) is 53.1 Å². The minimum absolute atomic E-state index is 0. The number of nitrogens with one attached hydrogen (secondary N) is 2. The molecule has 0 unspecified atom stereocenters. The van der Waals surface area contributed by atoms with Gasteiger partial charge in [0, 0.05) is 35.1 Å². The summed E-state index contributed by atoms with van der Waals surface area (Å²) in [4.78, 5) is 14.3. The first kappa shape index (κ1) is 22.1. The third-order valence-corrected chi connectivity index (χ3v) is 4.42. The van der Waals surface area contributed by atoms with Gasteiger partial charge in [0.2, 0.25) is 0 Å². The van der Waals surface area contributed by atoms with Crippen LogP contribution in [0.3, 0.4) is 0 Å². The van der Waals surface area contributed by atoms with Gasteiger partial charge in [0.1, 0.15) is 0 Å². The number of anilines is 2. The molecule has 0 spiro atoms. The van der Waals surface area contributed by atoms with Gasteiger partial charge < -0.3 is 27.9 Å². The van der Waals surface area contributed by atoms with Crippen molar-refractivity contribution in [1.29, 1.82) is 0 Å². The normalized spacial score (nSPS) is 10.3. The zero-order chi connectivity index (χ0) is 18.2. The Morgan fingerprint density at radius 1 is 1.15 bits per heavy atom. The molecule has 0 atom stereocenters. The fourth-order valence-electron chi connectivity index (χ4n) is 2.56. The van der Waals surface area contributed by atoms with Crippen LogP contribution in [0.25, 0.3) is 6.08 Å². The van der Waals surface area contributed by atoms with Crippen LogP contribution in [0.4, 0.5) is 16.2 Å². The highest BCUT2D eigenvalue weighted by atomic mass is 79.9. The minimum atomic E-state index is -0.259. The Balaban J connectivity index is 0.00000338. The van der Waals surface area contributed by atoms with E-state index in [4.69, 9.17) is 0 Å². The Morgan fingerprint density at radius 2 is 1.88 bits per heavy atom. The van der Waals surface area contributed by atoms with Gasteiger partial charge in [0.05, 0.1) is 0 Å². The first-order valence-corrected chi connectivity index (χ1v) is 9.18. The highest BCUT2D eigenvalue weighted by molar-refractivity contribution is 9.10. The van der Waals surface area contributed by atoms with Gasteiger partial charge in [-0.2, -0.15) is 0 Å². The van der Waals surface area contributed by atoms with Crippen LogP contribution in [0.1, 0.15) is 25.0 Å². The molecule has 0 heterocycles. The van der Waals surface area contributed by atoms with Crippen molar-refractivity contribution in [2.24, 2.45) is 0 Å². The molecule has 6 heteroatoms. The summed E-state index contributed by atoms with van der Waals surface area (Å²) in [5.74, 6) is 0. The molecule has 0 aliphatic carbocycles. The molecule has 140 valence electrons. The Bertz CT molecular complexity index is 760. The summed E-state index contributed by atoms with van der Waals surface area (Å²) in [5.41, 5.74) is 4.03. The number of urea groups is 1. The maximum atomic E-state index is 12.1. The summed E-state index contributed by atoms with van der Waals surface area (Å²) in [6, 6.07) is 13.7. The van der Waals surface area contributed by atoms with Gasteiger partial charge >= 0.3 is 6.03 Å². The molecule has 0 bridgehead atoms. The van der Waals surface area contributed by atoms with Crippen molar-refractivity contribution in [1.82, 2.24) is 5.32 Å². The summed E-state index contributed by atoms with van der Waals surface area (Å²) in [5, 5.41) is 5.61. The van der Waals surface area contributed by atoms with Gasteiger partial charge in [0.25, 0.3) is 0 Å². The molecular weight excluding hydrogens is 414 g/mol. The Labute approximate surface area is 170 Å². The number of hydrogen-bond donors (Lipinski definition) is 2. The molecule has 0 saturated heterocycles. The third kappa shape index (κ3) is 6.39. The number of amides is 2. The van der Waals surface area contributed by atoms with E-state index in [0.717, 1.165) is 34.4 Å². The molecule has 0 aliphatic rings. The smallest absolute Gasteiger partial charge is 0.323 e. The predicted octanol–water partition coefficient (Wildman–Crippen LogP) is 2.40. The highest BCUT2D eigenvalue weighted by Gasteiger charge is 2.07. The minimum Gasteiger partial charge on any atom is -1.00 e. The summed E-state index contributed by atoms with van der Waals surface area (Å²) >= 11 is 3.42. The highest BCUT2D eigenvalue weighted by Crippen LogP contribution is 2.22. The van der Waals surface area contributed by atoms with Crippen LogP contribution in [0.2, 0.25) is 0 Å². The van der Waals surface area contributed by atoms with E-state index in [9.17, 15) is 4.79 Å². The standard InChI is InChI=1S/C20H24BrN3O.ClH/c1-4-24(5-2)18-9-10-19(15(3)13-18)23-20(25)22-12-11-16-7-6-8-17(21)14-16;/h6-14H,4-5H2,1-3H3,(H2,22,23,25);1H/p-1/b12-11+;. The quantitative estimate of drug-likeness (QED) is 0.729. The summed E-state index contributed by atoms with van der Waals surface area (Å²) in [6.07, 6.45) is 3.48. The van der Waals surface area contributed by atoms with Crippen molar-refractivity contribution >= 4 is 39.4 Å². The van der Waals surface area contributed by atoms with E-state index < -0.39 is 0 Å². The van der Waals surface area contributed by atoms with E-state index in [2.05, 4.69) is 51.4 Å². The lowest BCUT2D eigenvalue weighted by Gasteiger charge is -2.22. The topological polar surface area (TPSA) is 44.4 Å². The molecule has 2 N–H and O–H groups in total. The number of halogens is 2. The molecule has 2 rings (SSSR count). The number of rotatable bonds is 6. The molecule has 0 aromatic heterocycles. The molecule has 2 aromatic carbocycles. The molecular formula is C20H24BrClN3O-. The number of carbonyl (C=O) groups excluding carboxylic acids is 1. The van der Waals surface area contributed by atoms with Crippen molar-refractivity contribution in [3.05, 3.63) is 64.3 Å². The van der Waals surface area contributed by atoms with Crippen molar-refractivity contribution in [3.8, 4) is 0 Å². The van der Waals surface area contributed by atoms with Gasteiger partial charge in [-0.1, -0.05) is 28.1 Å². The molecule has 0 saturated carbocycles. The van der Waals surface area contributed by atoms with Crippen molar-refractivity contribution in [2.75, 3.05) is 23.3 Å². The lowest BCUT2D eigenvalue weighted by molar-refractivity contribution is -0.00000814. The number of aryl methyl sites for hydroxylation is 1. The van der Waals surface area contributed by atoms with E-state index in [-0.39, 0.29) is 18.4 Å². The predicted molar refractivity (Wildman–Crippen MR) is 110 cm³/mol. The Hall–Kier alpha value is -1.98. The number of benzene rings is 2. The average Bonchev–Trinajstić information content (AvgIpc) is 2.58. The average molecular weight is 438 g/mol. The maximum absolute atomic E-state index is 12.1. The van der Waals surface area contributed by atoms with Gasteiger partial charge in [-0.05, 0) is 68.3 Å². The van der Waals surface area contributed by atoms with Crippen molar-refractivity contribution in [2.45, 2.75) is 20.8 Å². The zero-order valence-corrected chi connectivity index (χ0v) is 17.6. The molecule has 0 fully saturated rings. The first-order chi connectivity index (χ1) is 12.0. The molecule has 2 amide bonds. The van der Waals surface area contributed by atoms with Gasteiger partial charge in [-0.3, -0.25) is 0 Å². The van der Waals surface area contributed by atoms with E-state index in [1.807, 2.05) is 49.4 Å². The van der Waals surface area contributed by atoms with E-state index >= 15 is 0 Å². The first-order valence-electron chi connectivity index (χ1n) is 8.38. The Kier molecular flexibility index (Phi) is 9.24. The lowest BCUT2D eigenvalue weighted by Crippen LogP contribution is -3.00. The number of hydrogen-bond acceptors (Lipinski definition) is 2. The lowest BCUT2D eigenvalue weighted by atomic mass is 10.1. The van der Waals surface area contributed by atoms with Gasteiger partial charge in [-0.25, -0.2) is 4.79 Å². The Morgan fingerprint density at radius 3 is 2.50 bits per heavy atom. The van der Waals surface area contributed by atoms with Crippen LogP contribution >= 0.6 is 15.9 Å². The molecule has 0 radical (unpaired) electrons.